The monoisotopic (exact) mass is 350 g/mol. The predicted octanol–water partition coefficient (Wildman–Crippen LogP) is 4.03. The van der Waals surface area contributed by atoms with Crippen LogP contribution in [-0.2, 0) is 10.0 Å². The molecule has 20 heavy (non-hydrogen) atoms. The first-order chi connectivity index (χ1) is 9.33. The molecule has 0 saturated carbocycles. The van der Waals surface area contributed by atoms with E-state index in [1.54, 1.807) is 12.1 Å². The van der Waals surface area contributed by atoms with Gasteiger partial charge in [-0.15, -0.1) is 0 Å². The Morgan fingerprint density at radius 2 is 1.40 bits per heavy atom. The summed E-state index contributed by atoms with van der Waals surface area (Å²) < 4.78 is 27.0. The zero-order chi connectivity index (χ0) is 14.9. The molecule has 0 aromatic heterocycles. The van der Waals surface area contributed by atoms with E-state index in [1.165, 1.54) is 24.3 Å². The summed E-state index contributed by atoms with van der Waals surface area (Å²) in [5.41, 5.74) is 5.78. The molecule has 3 N–H and O–H groups in total. The van der Waals surface area contributed by atoms with Gasteiger partial charge in [0.2, 0.25) is 0 Å². The molecule has 2 aromatic rings. The van der Waals surface area contributed by atoms with E-state index in [-0.39, 0.29) is 31.3 Å². The molecule has 0 aliphatic rings. The molecular formula is C12H9Cl3N2O2S. The highest BCUT2D eigenvalue weighted by molar-refractivity contribution is 7.93. The quantitative estimate of drug-likeness (QED) is 0.820. The number of hydrogen-bond acceptors (Lipinski definition) is 3. The lowest BCUT2D eigenvalue weighted by atomic mass is 10.3. The molecule has 0 fully saturated rings. The minimum Gasteiger partial charge on any atom is -0.398 e. The summed E-state index contributed by atoms with van der Waals surface area (Å²) in [6.07, 6.45) is 0. The van der Waals surface area contributed by atoms with Crippen molar-refractivity contribution in [2.45, 2.75) is 4.90 Å². The third kappa shape index (κ3) is 2.96. The lowest BCUT2D eigenvalue weighted by Crippen LogP contribution is -2.16. The average Bonchev–Trinajstić information content (AvgIpc) is 2.33. The molecule has 0 bridgehead atoms. The fourth-order valence-corrected chi connectivity index (χ4v) is 3.97. The van der Waals surface area contributed by atoms with Crippen LogP contribution in [0.5, 0.6) is 0 Å². The number of anilines is 2. The van der Waals surface area contributed by atoms with Gasteiger partial charge in [-0.25, -0.2) is 8.42 Å². The van der Waals surface area contributed by atoms with Gasteiger partial charge in [0.1, 0.15) is 4.90 Å². The van der Waals surface area contributed by atoms with Gasteiger partial charge in [0, 0.05) is 0 Å². The zero-order valence-corrected chi connectivity index (χ0v) is 13.0. The second-order valence-electron chi connectivity index (χ2n) is 3.86. The lowest BCUT2D eigenvalue weighted by molar-refractivity contribution is 0.601. The highest BCUT2D eigenvalue weighted by Gasteiger charge is 2.23. The maximum Gasteiger partial charge on any atom is 0.265 e. The first kappa shape index (κ1) is 15.3. The van der Waals surface area contributed by atoms with Crippen molar-refractivity contribution in [2.24, 2.45) is 0 Å². The minimum absolute atomic E-state index is 0.0145. The van der Waals surface area contributed by atoms with Gasteiger partial charge in [-0.2, -0.15) is 0 Å². The van der Waals surface area contributed by atoms with E-state index < -0.39 is 10.0 Å². The van der Waals surface area contributed by atoms with Gasteiger partial charge in [-0.3, -0.25) is 4.72 Å². The van der Waals surface area contributed by atoms with E-state index in [4.69, 9.17) is 40.5 Å². The van der Waals surface area contributed by atoms with E-state index in [1.807, 2.05) is 0 Å². The van der Waals surface area contributed by atoms with Crippen LogP contribution >= 0.6 is 34.8 Å². The van der Waals surface area contributed by atoms with E-state index in [0.717, 1.165) is 0 Å². The van der Waals surface area contributed by atoms with E-state index in [9.17, 15) is 8.42 Å². The Labute approximate surface area is 131 Å². The van der Waals surface area contributed by atoms with Crippen molar-refractivity contribution in [1.29, 1.82) is 0 Å². The van der Waals surface area contributed by atoms with Gasteiger partial charge in [-0.05, 0) is 24.3 Å². The fourth-order valence-electron chi connectivity index (χ4n) is 1.59. The summed E-state index contributed by atoms with van der Waals surface area (Å²) in [6.45, 7) is 0. The maximum absolute atomic E-state index is 12.4. The van der Waals surface area contributed by atoms with Gasteiger partial charge in [-0.1, -0.05) is 46.9 Å². The number of nitrogens with one attached hydrogen (secondary N) is 1. The van der Waals surface area contributed by atoms with Crippen molar-refractivity contribution in [3.63, 3.8) is 0 Å². The number of para-hydroxylation sites is 1. The second-order valence-corrected chi connectivity index (χ2v) is 6.70. The fraction of sp³-hybridized carbons (Fsp3) is 0. The molecule has 0 saturated heterocycles. The van der Waals surface area contributed by atoms with Crippen LogP contribution in [0.15, 0.2) is 41.3 Å². The first-order valence-electron chi connectivity index (χ1n) is 5.34. The van der Waals surface area contributed by atoms with E-state index >= 15 is 0 Å². The molecule has 2 rings (SSSR count). The third-order valence-corrected chi connectivity index (χ3v) is 4.99. The van der Waals surface area contributed by atoms with Crippen LogP contribution in [-0.4, -0.2) is 8.42 Å². The standard InChI is InChI=1S/C12H9Cl3N2O2S/c13-7-3-1-4-8(14)11(7)17-20(18,19)12-9(15)5-2-6-10(12)16/h1-6,17H,16H2. The van der Waals surface area contributed by atoms with Crippen LogP contribution in [0.4, 0.5) is 11.4 Å². The Hall–Kier alpha value is -1.14. The van der Waals surface area contributed by atoms with Crippen LogP contribution in [0.2, 0.25) is 15.1 Å². The molecule has 0 atom stereocenters. The van der Waals surface area contributed by atoms with E-state index in [0.29, 0.717) is 0 Å². The van der Waals surface area contributed by atoms with Gasteiger partial charge in [0.15, 0.2) is 0 Å². The normalized spacial score (nSPS) is 11.3. The molecule has 106 valence electrons. The van der Waals surface area contributed by atoms with Crippen LogP contribution in [0.1, 0.15) is 0 Å². The number of rotatable bonds is 3. The van der Waals surface area contributed by atoms with Crippen molar-refractivity contribution < 1.29 is 8.42 Å². The van der Waals surface area contributed by atoms with Gasteiger partial charge in [0.25, 0.3) is 10.0 Å². The molecule has 0 amide bonds. The summed E-state index contributed by atoms with van der Waals surface area (Å²) in [5.74, 6) is 0. The summed E-state index contributed by atoms with van der Waals surface area (Å²) in [4.78, 5) is -0.211. The topological polar surface area (TPSA) is 72.2 Å². The number of halogens is 3. The molecule has 4 nitrogen and oxygen atoms in total. The SMILES string of the molecule is Nc1cccc(Cl)c1S(=O)(=O)Nc1c(Cl)cccc1Cl. The Morgan fingerprint density at radius 3 is 1.95 bits per heavy atom. The smallest absolute Gasteiger partial charge is 0.265 e. The van der Waals surface area contributed by atoms with Gasteiger partial charge >= 0.3 is 0 Å². The molecule has 0 aliphatic heterocycles. The predicted molar refractivity (Wildman–Crippen MR) is 83.1 cm³/mol. The molecule has 8 heteroatoms. The average molecular weight is 352 g/mol. The number of hydrogen-bond donors (Lipinski definition) is 2. The van der Waals surface area contributed by atoms with Crippen molar-refractivity contribution in [3.8, 4) is 0 Å². The number of nitrogens with two attached hydrogens (primary N) is 1. The Kier molecular flexibility index (Phi) is 4.34. The molecule has 0 radical (unpaired) electrons. The summed E-state index contributed by atoms with van der Waals surface area (Å²) in [6, 6.07) is 9.06. The van der Waals surface area contributed by atoms with Crippen molar-refractivity contribution in [1.82, 2.24) is 0 Å². The maximum atomic E-state index is 12.4. The van der Waals surface area contributed by atoms with Crippen molar-refractivity contribution in [2.75, 3.05) is 10.5 Å². The summed E-state index contributed by atoms with van der Waals surface area (Å²) >= 11 is 17.7. The number of nitrogen functional groups attached to an aromatic ring is 1. The summed E-state index contributed by atoms with van der Waals surface area (Å²) in [5, 5.41) is 0.360. The van der Waals surface area contributed by atoms with E-state index in [2.05, 4.69) is 4.72 Å². The molecule has 0 heterocycles. The highest BCUT2D eigenvalue weighted by Crippen LogP contribution is 2.34. The van der Waals surface area contributed by atoms with Crippen LogP contribution in [0, 0.1) is 0 Å². The number of benzene rings is 2. The van der Waals surface area contributed by atoms with Crippen LogP contribution < -0.4 is 10.5 Å². The first-order valence-corrected chi connectivity index (χ1v) is 7.95. The minimum atomic E-state index is -4.00. The van der Waals surface area contributed by atoms with Gasteiger partial charge in [0.05, 0.1) is 26.4 Å². The molecule has 0 unspecified atom stereocenters. The highest BCUT2D eigenvalue weighted by atomic mass is 35.5. The molecule has 2 aromatic carbocycles. The Morgan fingerprint density at radius 1 is 0.900 bits per heavy atom. The van der Waals surface area contributed by atoms with Crippen LogP contribution in [0.25, 0.3) is 0 Å². The number of sulfonamides is 1. The van der Waals surface area contributed by atoms with Crippen LogP contribution in [0.3, 0.4) is 0 Å². The second kappa shape index (κ2) is 5.69. The lowest BCUT2D eigenvalue weighted by Gasteiger charge is -2.13. The van der Waals surface area contributed by atoms with Crippen molar-refractivity contribution >= 4 is 56.2 Å². The third-order valence-electron chi connectivity index (χ3n) is 2.47. The van der Waals surface area contributed by atoms with Crippen molar-refractivity contribution in [3.05, 3.63) is 51.5 Å². The molecule has 0 aliphatic carbocycles. The zero-order valence-electron chi connectivity index (χ0n) is 9.90. The Balaban J connectivity index is 2.53. The largest absolute Gasteiger partial charge is 0.398 e. The molecule has 0 spiro atoms. The summed E-state index contributed by atoms with van der Waals surface area (Å²) in [7, 11) is -4.00. The Bertz CT molecular complexity index is 723. The molecular weight excluding hydrogens is 343 g/mol. The van der Waals surface area contributed by atoms with Gasteiger partial charge < -0.3 is 5.73 Å².